The quantitative estimate of drug-likeness (QED) is 0.0263. The van der Waals surface area contributed by atoms with Gasteiger partial charge in [-0.05, 0) is 90.5 Å². The average molecular weight is 765 g/mol. The number of allylic oxidation sites excluding steroid dienone is 4. The van der Waals surface area contributed by atoms with Gasteiger partial charge in [-0.3, -0.25) is 9.59 Å². The first kappa shape index (κ1) is 52.3. The molecule has 0 saturated carbocycles. The van der Waals surface area contributed by atoms with E-state index in [9.17, 15) is 9.59 Å². The first-order chi connectivity index (χ1) is 26.5. The van der Waals surface area contributed by atoms with Crippen molar-refractivity contribution in [3.05, 3.63) is 24.3 Å². The Morgan fingerprint density at radius 3 is 1.50 bits per heavy atom. The van der Waals surface area contributed by atoms with E-state index in [4.69, 9.17) is 18.9 Å². The van der Waals surface area contributed by atoms with E-state index >= 15 is 0 Å². The Labute approximate surface area is 334 Å². The number of hydrogen-bond acceptors (Lipinski definition) is 8. The van der Waals surface area contributed by atoms with Gasteiger partial charge in [-0.2, -0.15) is 0 Å². The zero-order chi connectivity index (χ0) is 39.6. The van der Waals surface area contributed by atoms with Gasteiger partial charge >= 0.3 is 11.9 Å². The predicted molar refractivity (Wildman–Crippen MR) is 228 cm³/mol. The highest BCUT2D eigenvalue weighted by atomic mass is 16.7. The van der Waals surface area contributed by atoms with Crippen molar-refractivity contribution in [3.63, 3.8) is 0 Å². The Balaban J connectivity index is 4.36. The topological polar surface area (TPSA) is 77.5 Å². The molecule has 0 aliphatic rings. The summed E-state index contributed by atoms with van der Waals surface area (Å²) in [7, 11) is 0. The van der Waals surface area contributed by atoms with E-state index in [1.54, 1.807) is 0 Å². The number of nitrogens with zero attached hydrogens (tertiary/aromatic N) is 2. The number of carbonyl (C=O) groups excluding carboxylic acids is 2. The van der Waals surface area contributed by atoms with Gasteiger partial charge in [0, 0.05) is 26.2 Å². The van der Waals surface area contributed by atoms with Crippen molar-refractivity contribution in [2.75, 3.05) is 65.7 Å². The lowest BCUT2D eigenvalue weighted by Gasteiger charge is -2.24. The lowest BCUT2D eigenvalue weighted by molar-refractivity contribution is -0.161. The second kappa shape index (κ2) is 42.4. The molecule has 0 saturated heterocycles. The average Bonchev–Trinajstić information content (AvgIpc) is 3.18. The maximum Gasteiger partial charge on any atom is 0.307 e. The molecule has 0 unspecified atom stereocenters. The minimum atomic E-state index is -0.385. The van der Waals surface area contributed by atoms with Crippen LogP contribution in [0.25, 0.3) is 0 Å². The molecule has 0 rings (SSSR count). The fourth-order valence-corrected chi connectivity index (χ4v) is 6.36. The van der Waals surface area contributed by atoms with Gasteiger partial charge < -0.3 is 28.7 Å². The van der Waals surface area contributed by atoms with Crippen LogP contribution in [0, 0.1) is 0 Å². The third-order valence-electron chi connectivity index (χ3n) is 9.95. The zero-order valence-electron chi connectivity index (χ0n) is 36.3. The summed E-state index contributed by atoms with van der Waals surface area (Å²) in [6, 6.07) is 0. The van der Waals surface area contributed by atoms with E-state index in [1.165, 1.54) is 89.9 Å². The monoisotopic (exact) mass is 765 g/mol. The SMILES string of the molecule is CCCCC/C=C\C/C=C\CCCCCCCCN(CCCN(CC)CC)CCC(=O)OCCOC(=O)CCC(OCCCCCC)OCCCCCC. The standard InChI is InChI=1S/C46H88N2O6/c1-6-11-14-17-18-19-20-21-22-23-24-25-26-27-28-29-36-48(38-32-37-47(9-4)10-5)39-35-45(50)52-43-42-51-44(49)33-34-46(53-40-30-15-12-7-2)54-41-31-16-13-8-3/h18-19,21-22,46H,6-17,20,23-43H2,1-5H3/b19-18-,22-21-. The molecular weight excluding hydrogens is 677 g/mol. The second-order valence-corrected chi connectivity index (χ2v) is 14.8. The predicted octanol–water partition coefficient (Wildman–Crippen LogP) is 11.6. The summed E-state index contributed by atoms with van der Waals surface area (Å²) >= 11 is 0. The van der Waals surface area contributed by atoms with Gasteiger partial charge in [0.05, 0.1) is 12.8 Å². The van der Waals surface area contributed by atoms with Gasteiger partial charge in [0.25, 0.3) is 0 Å². The summed E-state index contributed by atoms with van der Waals surface area (Å²) in [5.74, 6) is -0.544. The van der Waals surface area contributed by atoms with Crippen molar-refractivity contribution in [2.24, 2.45) is 0 Å². The highest BCUT2D eigenvalue weighted by Crippen LogP contribution is 2.12. The van der Waals surface area contributed by atoms with Crippen LogP contribution in [0.3, 0.4) is 0 Å². The second-order valence-electron chi connectivity index (χ2n) is 14.8. The molecule has 0 aromatic rings. The molecule has 0 amide bonds. The molecule has 0 heterocycles. The van der Waals surface area contributed by atoms with Crippen molar-refractivity contribution in [3.8, 4) is 0 Å². The summed E-state index contributed by atoms with van der Waals surface area (Å²) in [6.07, 6.45) is 35.1. The number of rotatable bonds is 42. The molecule has 0 aromatic heterocycles. The Hall–Kier alpha value is -1.74. The van der Waals surface area contributed by atoms with Crippen molar-refractivity contribution in [1.82, 2.24) is 9.80 Å². The van der Waals surface area contributed by atoms with Crippen LogP contribution in [0.15, 0.2) is 24.3 Å². The number of hydrogen-bond donors (Lipinski definition) is 0. The Kier molecular flexibility index (Phi) is 41.0. The molecule has 0 aliphatic heterocycles. The van der Waals surface area contributed by atoms with E-state index < -0.39 is 0 Å². The normalized spacial score (nSPS) is 12.0. The molecule has 8 heteroatoms. The van der Waals surface area contributed by atoms with Crippen LogP contribution in [0.5, 0.6) is 0 Å². The van der Waals surface area contributed by atoms with Gasteiger partial charge in [-0.15, -0.1) is 0 Å². The Bertz CT molecular complexity index is 848. The minimum absolute atomic E-state index is 0.0748. The molecule has 318 valence electrons. The molecule has 0 atom stereocenters. The molecule has 0 N–H and O–H groups in total. The first-order valence-electron chi connectivity index (χ1n) is 22.8. The minimum Gasteiger partial charge on any atom is -0.462 e. The molecule has 8 nitrogen and oxygen atoms in total. The fourth-order valence-electron chi connectivity index (χ4n) is 6.36. The van der Waals surface area contributed by atoms with Crippen molar-refractivity contribution in [1.29, 1.82) is 0 Å². The van der Waals surface area contributed by atoms with Crippen molar-refractivity contribution in [2.45, 2.75) is 195 Å². The first-order valence-corrected chi connectivity index (χ1v) is 22.8. The van der Waals surface area contributed by atoms with Crippen LogP contribution in [0.4, 0.5) is 0 Å². The summed E-state index contributed by atoms with van der Waals surface area (Å²) in [5.41, 5.74) is 0. The van der Waals surface area contributed by atoms with Crippen LogP contribution < -0.4 is 0 Å². The summed E-state index contributed by atoms with van der Waals surface area (Å²) in [5, 5.41) is 0. The van der Waals surface area contributed by atoms with Crippen LogP contribution in [-0.2, 0) is 28.5 Å². The summed E-state index contributed by atoms with van der Waals surface area (Å²) in [6.45, 7) is 18.5. The van der Waals surface area contributed by atoms with E-state index in [-0.39, 0.29) is 37.9 Å². The molecular formula is C46H88N2O6. The van der Waals surface area contributed by atoms with Gasteiger partial charge in [0.2, 0.25) is 0 Å². The lowest BCUT2D eigenvalue weighted by Crippen LogP contribution is -2.32. The van der Waals surface area contributed by atoms with Crippen LogP contribution >= 0.6 is 0 Å². The molecule has 0 fully saturated rings. The molecule has 0 aromatic carbocycles. The Morgan fingerprint density at radius 1 is 0.463 bits per heavy atom. The number of esters is 2. The molecule has 54 heavy (non-hydrogen) atoms. The highest BCUT2D eigenvalue weighted by molar-refractivity contribution is 5.70. The molecule has 0 bridgehead atoms. The molecule has 0 aliphatic carbocycles. The van der Waals surface area contributed by atoms with E-state index in [0.717, 1.165) is 77.7 Å². The zero-order valence-corrected chi connectivity index (χ0v) is 36.3. The van der Waals surface area contributed by atoms with Gasteiger partial charge in [0.15, 0.2) is 6.29 Å². The lowest BCUT2D eigenvalue weighted by atomic mass is 10.1. The smallest absolute Gasteiger partial charge is 0.307 e. The van der Waals surface area contributed by atoms with E-state index in [2.05, 4.69) is 68.7 Å². The van der Waals surface area contributed by atoms with Crippen LogP contribution in [-0.4, -0.2) is 93.7 Å². The maximum absolute atomic E-state index is 12.6. The van der Waals surface area contributed by atoms with Crippen LogP contribution in [0.2, 0.25) is 0 Å². The number of unbranched alkanes of at least 4 members (excludes halogenated alkanes) is 15. The molecule has 0 radical (unpaired) electrons. The van der Waals surface area contributed by atoms with Gasteiger partial charge in [-0.1, -0.05) is 136 Å². The third-order valence-corrected chi connectivity index (χ3v) is 9.95. The number of carbonyl (C=O) groups is 2. The highest BCUT2D eigenvalue weighted by Gasteiger charge is 2.15. The van der Waals surface area contributed by atoms with Crippen molar-refractivity contribution < 1.29 is 28.5 Å². The summed E-state index contributed by atoms with van der Waals surface area (Å²) < 4.78 is 22.7. The maximum atomic E-state index is 12.6. The van der Waals surface area contributed by atoms with E-state index in [0.29, 0.717) is 32.6 Å². The molecule has 0 spiro atoms. The van der Waals surface area contributed by atoms with Crippen LogP contribution in [0.1, 0.15) is 189 Å². The third kappa shape index (κ3) is 37.2. The van der Waals surface area contributed by atoms with Gasteiger partial charge in [0.1, 0.15) is 13.2 Å². The Morgan fingerprint density at radius 2 is 0.926 bits per heavy atom. The van der Waals surface area contributed by atoms with E-state index in [1.807, 2.05) is 0 Å². The van der Waals surface area contributed by atoms with Crippen molar-refractivity contribution >= 4 is 11.9 Å². The largest absolute Gasteiger partial charge is 0.462 e. The fraction of sp³-hybridized carbons (Fsp3) is 0.870. The van der Waals surface area contributed by atoms with Gasteiger partial charge in [-0.25, -0.2) is 0 Å². The summed E-state index contributed by atoms with van der Waals surface area (Å²) in [4.78, 5) is 29.9. The number of ether oxygens (including phenoxy) is 4.